The molecule has 0 saturated carbocycles. The van der Waals surface area contributed by atoms with Gasteiger partial charge in [0.25, 0.3) is 0 Å². The third-order valence-electron chi connectivity index (χ3n) is 4.22. The number of benzene rings is 3. The molecule has 0 saturated heterocycles. The molecule has 3 nitrogen and oxygen atoms in total. The molecule has 0 heterocycles. The number of para-hydroxylation sites is 1. The summed E-state index contributed by atoms with van der Waals surface area (Å²) in [6.07, 6.45) is -0.167. The summed E-state index contributed by atoms with van der Waals surface area (Å²) in [5, 5.41) is 4.23. The van der Waals surface area contributed by atoms with E-state index in [-0.39, 0.29) is 37.9 Å². The number of hydrogen-bond donors (Lipinski definition) is 1. The maximum atomic E-state index is 13.2. The molecule has 0 amide bonds. The van der Waals surface area contributed by atoms with Gasteiger partial charge in [-0.1, -0.05) is 0 Å². The number of rotatable bonds is 8. The van der Waals surface area contributed by atoms with E-state index < -0.39 is 0 Å². The van der Waals surface area contributed by atoms with Gasteiger partial charge in [-0.15, -0.1) is 0 Å². The van der Waals surface area contributed by atoms with Gasteiger partial charge in [0.15, 0.2) is 0 Å². The molecule has 0 bridgehead atoms. The molecule has 0 spiro atoms. The number of anilines is 1. The number of hydrogen-bond acceptors (Lipinski definition) is 3. The standard InChI is InChI=1S/C24H24ClNO2Se/c1-17(2)28-24(27)23(29-21-11-7-4-8-12-21)22(18-13-15-19(25)16-14-18)26-20-9-5-3-6-10-20/h3-17,22-23,26H,1-2H3/t22-,23+/m0/s1. The summed E-state index contributed by atoms with van der Waals surface area (Å²) in [4.78, 5) is 12.8. The van der Waals surface area contributed by atoms with Crippen molar-refractivity contribution in [2.24, 2.45) is 0 Å². The van der Waals surface area contributed by atoms with Gasteiger partial charge in [0.2, 0.25) is 0 Å². The molecular weight excluding hydrogens is 449 g/mol. The molecular formula is C24H24ClNO2Se. The van der Waals surface area contributed by atoms with Crippen molar-refractivity contribution in [1.29, 1.82) is 0 Å². The van der Waals surface area contributed by atoms with Gasteiger partial charge in [-0.3, -0.25) is 0 Å². The Labute approximate surface area is 183 Å². The van der Waals surface area contributed by atoms with Crippen molar-refractivity contribution in [3.63, 3.8) is 0 Å². The SMILES string of the molecule is CC(C)OC(=O)[C@H]([Se]c1ccccc1)[C@@H](Nc1ccccc1)c1ccc(Cl)cc1. The second-order valence-corrected chi connectivity index (χ2v) is 9.86. The average molecular weight is 473 g/mol. The molecule has 0 aromatic heterocycles. The molecule has 0 aliphatic carbocycles. The zero-order valence-electron chi connectivity index (χ0n) is 16.4. The van der Waals surface area contributed by atoms with Crippen molar-refractivity contribution in [2.45, 2.75) is 30.8 Å². The van der Waals surface area contributed by atoms with E-state index in [0.717, 1.165) is 15.7 Å². The second kappa shape index (κ2) is 10.5. The van der Waals surface area contributed by atoms with E-state index in [1.54, 1.807) is 0 Å². The molecule has 3 aromatic carbocycles. The van der Waals surface area contributed by atoms with Crippen LogP contribution in [0.15, 0.2) is 84.9 Å². The quantitative estimate of drug-likeness (QED) is 0.359. The van der Waals surface area contributed by atoms with E-state index in [1.807, 2.05) is 86.6 Å². The number of halogens is 1. The molecule has 3 rings (SSSR count). The summed E-state index contributed by atoms with van der Waals surface area (Å²) < 4.78 is 6.81. The minimum atomic E-state index is -0.339. The van der Waals surface area contributed by atoms with Crippen LogP contribution < -0.4 is 9.78 Å². The normalized spacial score (nSPS) is 13.0. The number of esters is 1. The Kier molecular flexibility index (Phi) is 7.76. The predicted molar refractivity (Wildman–Crippen MR) is 121 cm³/mol. The van der Waals surface area contributed by atoms with E-state index in [4.69, 9.17) is 16.3 Å². The monoisotopic (exact) mass is 473 g/mol. The zero-order chi connectivity index (χ0) is 20.6. The van der Waals surface area contributed by atoms with Gasteiger partial charge in [0.1, 0.15) is 0 Å². The van der Waals surface area contributed by atoms with Crippen LogP contribution in [-0.2, 0) is 9.53 Å². The van der Waals surface area contributed by atoms with Crippen molar-refractivity contribution in [1.82, 2.24) is 0 Å². The van der Waals surface area contributed by atoms with Gasteiger partial charge in [0, 0.05) is 0 Å². The molecule has 0 fully saturated rings. The van der Waals surface area contributed by atoms with Crippen LogP contribution in [0.1, 0.15) is 25.5 Å². The average Bonchev–Trinajstić information content (AvgIpc) is 2.72. The molecule has 29 heavy (non-hydrogen) atoms. The third kappa shape index (κ3) is 6.36. The first kappa shape index (κ1) is 21.4. The third-order valence-corrected chi connectivity index (χ3v) is 7.12. The van der Waals surface area contributed by atoms with Gasteiger partial charge < -0.3 is 0 Å². The predicted octanol–water partition coefficient (Wildman–Crippen LogP) is 5.26. The summed E-state index contributed by atoms with van der Waals surface area (Å²) >= 11 is 5.98. The Hall–Kier alpha value is -2.26. The van der Waals surface area contributed by atoms with Crippen molar-refractivity contribution >= 4 is 42.7 Å². The molecule has 0 aliphatic heterocycles. The minimum absolute atomic E-state index is 0.126. The van der Waals surface area contributed by atoms with Crippen LogP contribution in [-0.4, -0.2) is 27.0 Å². The van der Waals surface area contributed by atoms with E-state index >= 15 is 0 Å². The molecule has 5 heteroatoms. The fraction of sp³-hybridized carbons (Fsp3) is 0.208. The first-order chi connectivity index (χ1) is 14.0. The van der Waals surface area contributed by atoms with E-state index in [2.05, 4.69) is 17.4 Å². The van der Waals surface area contributed by atoms with Gasteiger partial charge in [-0.2, -0.15) is 0 Å². The van der Waals surface area contributed by atoms with E-state index in [9.17, 15) is 4.79 Å². The molecule has 2 atom stereocenters. The van der Waals surface area contributed by atoms with Gasteiger partial charge in [-0.05, 0) is 0 Å². The van der Waals surface area contributed by atoms with Crippen LogP contribution in [0.2, 0.25) is 9.84 Å². The molecule has 1 N–H and O–H groups in total. The van der Waals surface area contributed by atoms with Gasteiger partial charge in [-0.25, -0.2) is 0 Å². The Morgan fingerprint density at radius 2 is 1.48 bits per heavy atom. The summed E-state index contributed by atoms with van der Waals surface area (Å²) in [6, 6.07) is 27.5. The van der Waals surface area contributed by atoms with Crippen molar-refractivity contribution < 1.29 is 9.53 Å². The van der Waals surface area contributed by atoms with Crippen LogP contribution in [0.5, 0.6) is 0 Å². The van der Waals surface area contributed by atoms with Gasteiger partial charge >= 0.3 is 184 Å². The Morgan fingerprint density at radius 3 is 2.07 bits per heavy atom. The van der Waals surface area contributed by atoms with Gasteiger partial charge in [0.05, 0.1) is 0 Å². The number of ether oxygens (including phenoxy) is 1. The summed E-state index contributed by atoms with van der Waals surface area (Å²) in [6.45, 7) is 3.76. The zero-order valence-corrected chi connectivity index (χ0v) is 18.9. The maximum absolute atomic E-state index is 13.2. The summed E-state index contributed by atoms with van der Waals surface area (Å²) in [5.74, 6) is -0.188. The molecule has 150 valence electrons. The van der Waals surface area contributed by atoms with Crippen LogP contribution in [0.3, 0.4) is 0 Å². The first-order valence-corrected chi connectivity index (χ1v) is 11.7. The topological polar surface area (TPSA) is 38.3 Å². The first-order valence-electron chi connectivity index (χ1n) is 9.52. The number of carbonyl (C=O) groups excluding carboxylic acids is 1. The van der Waals surface area contributed by atoms with Crippen molar-refractivity contribution in [3.05, 3.63) is 95.5 Å². The molecule has 3 aromatic rings. The van der Waals surface area contributed by atoms with Crippen LogP contribution in [0, 0.1) is 0 Å². The van der Waals surface area contributed by atoms with E-state index in [1.165, 1.54) is 0 Å². The molecule has 0 unspecified atom stereocenters. The summed E-state index contributed by atoms with van der Waals surface area (Å²) in [7, 11) is 0. The Balaban J connectivity index is 1.99. The summed E-state index contributed by atoms with van der Waals surface area (Å²) in [5.41, 5.74) is 1.96. The fourth-order valence-electron chi connectivity index (χ4n) is 2.92. The Bertz CT molecular complexity index is 901. The fourth-order valence-corrected chi connectivity index (χ4v) is 5.39. The van der Waals surface area contributed by atoms with Crippen LogP contribution >= 0.6 is 11.6 Å². The van der Waals surface area contributed by atoms with Crippen molar-refractivity contribution in [3.8, 4) is 0 Å². The molecule has 0 radical (unpaired) electrons. The van der Waals surface area contributed by atoms with Crippen LogP contribution in [0.25, 0.3) is 0 Å². The Morgan fingerprint density at radius 1 is 0.897 bits per heavy atom. The van der Waals surface area contributed by atoms with Crippen molar-refractivity contribution in [2.75, 3.05) is 5.32 Å². The molecule has 0 aliphatic rings. The van der Waals surface area contributed by atoms with Crippen LogP contribution in [0.4, 0.5) is 5.69 Å². The number of nitrogens with one attached hydrogen (secondary N) is 1. The van der Waals surface area contributed by atoms with E-state index in [0.29, 0.717) is 5.02 Å². The second-order valence-electron chi connectivity index (χ2n) is 6.88. The number of carbonyl (C=O) groups is 1.